The second kappa shape index (κ2) is 7.24. The molecule has 144 valence electrons. The molecular formula is C18H20N2O5S2. The van der Waals surface area contributed by atoms with E-state index in [0.29, 0.717) is 39.1 Å². The number of aryl methyl sites for hydroxylation is 3. The summed E-state index contributed by atoms with van der Waals surface area (Å²) in [5, 5.41) is 3.88. The summed E-state index contributed by atoms with van der Waals surface area (Å²) in [5.41, 5.74) is 1.55. The number of benzene rings is 1. The van der Waals surface area contributed by atoms with Gasteiger partial charge in [0.1, 0.15) is 16.4 Å². The van der Waals surface area contributed by atoms with Crippen molar-refractivity contribution in [3.05, 3.63) is 39.7 Å². The molecule has 0 fully saturated rings. The molecule has 0 unspecified atom stereocenters. The number of methoxy groups -OCH3 is 2. The maximum atomic E-state index is 13.2. The van der Waals surface area contributed by atoms with Crippen LogP contribution in [0.5, 0.6) is 11.5 Å². The molecule has 27 heavy (non-hydrogen) atoms. The van der Waals surface area contributed by atoms with Gasteiger partial charge in [-0.15, -0.1) is 11.3 Å². The lowest BCUT2D eigenvalue weighted by atomic mass is 10.2. The lowest BCUT2D eigenvalue weighted by Gasteiger charge is -2.12. The number of ether oxygens (including phenoxy) is 2. The first-order valence-electron chi connectivity index (χ1n) is 8.04. The molecule has 0 atom stereocenters. The first-order chi connectivity index (χ1) is 12.7. The largest absolute Gasteiger partial charge is 0.497 e. The highest BCUT2D eigenvalue weighted by atomic mass is 32.2. The highest BCUT2D eigenvalue weighted by Gasteiger charge is 2.28. The molecule has 0 bridgehead atoms. The molecule has 9 heteroatoms. The molecule has 2 heterocycles. The van der Waals surface area contributed by atoms with Crippen molar-refractivity contribution >= 4 is 27.0 Å². The van der Waals surface area contributed by atoms with Crippen molar-refractivity contribution in [2.45, 2.75) is 25.7 Å². The topological polar surface area (TPSA) is 90.7 Å². The summed E-state index contributed by atoms with van der Waals surface area (Å²) in [6.45, 7) is 5.42. The molecule has 0 amide bonds. The van der Waals surface area contributed by atoms with Crippen molar-refractivity contribution in [1.29, 1.82) is 0 Å². The lowest BCUT2D eigenvalue weighted by Crippen LogP contribution is -2.14. The van der Waals surface area contributed by atoms with Gasteiger partial charge in [-0.3, -0.25) is 4.72 Å². The highest BCUT2D eigenvalue weighted by molar-refractivity contribution is 7.93. The number of hydrogen-bond donors (Lipinski definition) is 1. The third-order valence-corrected chi connectivity index (χ3v) is 6.65. The first kappa shape index (κ1) is 19.2. The van der Waals surface area contributed by atoms with E-state index >= 15 is 0 Å². The molecule has 0 saturated heterocycles. The van der Waals surface area contributed by atoms with E-state index in [1.807, 2.05) is 6.92 Å². The molecule has 3 aromatic rings. The monoisotopic (exact) mass is 408 g/mol. The second-order valence-electron chi connectivity index (χ2n) is 5.96. The molecule has 1 aromatic carbocycles. The Balaban J connectivity index is 2.09. The summed E-state index contributed by atoms with van der Waals surface area (Å²) in [4.78, 5) is 1.69. The fraction of sp³-hybridized carbons (Fsp3) is 0.278. The fourth-order valence-corrected chi connectivity index (χ4v) is 5.73. The summed E-state index contributed by atoms with van der Waals surface area (Å²) in [5.74, 6) is 1.39. The minimum atomic E-state index is -3.88. The molecule has 0 aliphatic rings. The van der Waals surface area contributed by atoms with E-state index in [2.05, 4.69) is 9.88 Å². The van der Waals surface area contributed by atoms with Gasteiger partial charge in [0.25, 0.3) is 10.0 Å². The molecule has 0 aliphatic carbocycles. The van der Waals surface area contributed by atoms with Crippen LogP contribution in [0.25, 0.3) is 11.3 Å². The van der Waals surface area contributed by atoms with Crippen molar-refractivity contribution in [3.8, 4) is 22.8 Å². The zero-order valence-electron chi connectivity index (χ0n) is 15.6. The molecular weight excluding hydrogens is 388 g/mol. The number of sulfonamides is 1. The SMILES string of the molecule is COc1cc(NS(=O)(=O)c2c(C)sc(C)c2-c2cc(C)no2)cc(OC)c1. The standard InChI is InChI=1S/C18H20N2O5S2/c1-10-6-16(25-19-10)17-11(2)26-12(3)18(17)27(21,22)20-13-7-14(23-4)9-15(8-13)24-5/h6-9,20H,1-5H3. The van der Waals surface area contributed by atoms with E-state index in [0.717, 1.165) is 4.88 Å². The number of aromatic nitrogens is 1. The van der Waals surface area contributed by atoms with Gasteiger partial charge >= 0.3 is 0 Å². The van der Waals surface area contributed by atoms with Gasteiger partial charge in [-0.05, 0) is 20.8 Å². The molecule has 7 nitrogen and oxygen atoms in total. The van der Waals surface area contributed by atoms with Crippen LogP contribution in [0.15, 0.2) is 33.7 Å². The van der Waals surface area contributed by atoms with Crippen LogP contribution >= 0.6 is 11.3 Å². The van der Waals surface area contributed by atoms with Crippen molar-refractivity contribution < 1.29 is 22.4 Å². The Kier molecular flexibility index (Phi) is 5.16. The number of thiophene rings is 1. The first-order valence-corrected chi connectivity index (χ1v) is 10.3. The van der Waals surface area contributed by atoms with Gasteiger partial charge in [-0.1, -0.05) is 5.16 Å². The number of hydrogen-bond acceptors (Lipinski definition) is 7. The summed E-state index contributed by atoms with van der Waals surface area (Å²) >= 11 is 1.40. The third-order valence-electron chi connectivity index (χ3n) is 3.95. The lowest BCUT2D eigenvalue weighted by molar-refractivity contribution is 0.395. The van der Waals surface area contributed by atoms with Crippen LogP contribution in [0.2, 0.25) is 0 Å². The fourth-order valence-electron chi connectivity index (χ4n) is 2.83. The summed E-state index contributed by atoms with van der Waals surface area (Å²) < 4.78 is 44.7. The summed E-state index contributed by atoms with van der Waals surface area (Å²) in [7, 11) is -0.874. The van der Waals surface area contributed by atoms with Crippen LogP contribution < -0.4 is 14.2 Å². The maximum absolute atomic E-state index is 13.2. The Morgan fingerprint density at radius 2 is 1.63 bits per heavy atom. The maximum Gasteiger partial charge on any atom is 0.263 e. The van der Waals surface area contributed by atoms with Crippen LogP contribution in [0.3, 0.4) is 0 Å². The second-order valence-corrected chi connectivity index (χ2v) is 9.01. The van der Waals surface area contributed by atoms with Crippen LogP contribution in [0, 0.1) is 20.8 Å². The van der Waals surface area contributed by atoms with E-state index in [9.17, 15) is 8.42 Å². The summed E-state index contributed by atoms with van der Waals surface area (Å²) in [6, 6.07) is 6.57. The molecule has 3 rings (SSSR count). The smallest absolute Gasteiger partial charge is 0.263 e. The zero-order valence-corrected chi connectivity index (χ0v) is 17.2. The predicted octanol–water partition coefficient (Wildman–Crippen LogP) is 4.15. The molecule has 1 N–H and O–H groups in total. The Labute approximate surface area is 162 Å². The van der Waals surface area contributed by atoms with Gasteiger partial charge in [-0.25, -0.2) is 8.42 Å². The average Bonchev–Trinajstić information content (AvgIpc) is 3.16. The average molecular weight is 409 g/mol. The van der Waals surface area contributed by atoms with Gasteiger partial charge in [0.2, 0.25) is 0 Å². The summed E-state index contributed by atoms with van der Waals surface area (Å²) in [6.07, 6.45) is 0. The van der Waals surface area contributed by atoms with Crippen LogP contribution in [-0.4, -0.2) is 27.8 Å². The molecule has 0 radical (unpaired) electrons. The molecule has 2 aromatic heterocycles. The van der Waals surface area contributed by atoms with Gasteiger partial charge < -0.3 is 14.0 Å². The Morgan fingerprint density at radius 3 is 2.15 bits per heavy atom. The van der Waals surface area contributed by atoms with Crippen LogP contribution in [0.1, 0.15) is 15.4 Å². The van der Waals surface area contributed by atoms with E-state index < -0.39 is 10.0 Å². The minimum absolute atomic E-state index is 0.183. The Bertz CT molecular complexity index is 1060. The normalized spacial score (nSPS) is 11.4. The van der Waals surface area contributed by atoms with Crippen molar-refractivity contribution in [2.75, 3.05) is 18.9 Å². The Morgan fingerprint density at radius 1 is 1.00 bits per heavy atom. The van der Waals surface area contributed by atoms with Crippen LogP contribution in [0.4, 0.5) is 5.69 Å². The van der Waals surface area contributed by atoms with E-state index in [1.165, 1.54) is 25.6 Å². The third kappa shape index (κ3) is 3.79. The number of nitrogens with zero attached hydrogens (tertiary/aromatic N) is 1. The van der Waals surface area contributed by atoms with Crippen LogP contribution in [-0.2, 0) is 10.0 Å². The molecule has 0 saturated carbocycles. The minimum Gasteiger partial charge on any atom is -0.497 e. The number of anilines is 1. The van der Waals surface area contributed by atoms with E-state index in [1.54, 1.807) is 38.1 Å². The highest BCUT2D eigenvalue weighted by Crippen LogP contribution is 2.40. The van der Waals surface area contributed by atoms with Crippen molar-refractivity contribution in [2.24, 2.45) is 0 Å². The van der Waals surface area contributed by atoms with E-state index in [-0.39, 0.29) is 4.90 Å². The molecule has 0 spiro atoms. The van der Waals surface area contributed by atoms with Crippen molar-refractivity contribution in [3.63, 3.8) is 0 Å². The number of rotatable bonds is 6. The molecule has 0 aliphatic heterocycles. The van der Waals surface area contributed by atoms with Crippen molar-refractivity contribution in [1.82, 2.24) is 5.16 Å². The number of nitrogens with one attached hydrogen (secondary N) is 1. The van der Waals surface area contributed by atoms with Gasteiger partial charge in [0.05, 0.1) is 31.2 Å². The quantitative estimate of drug-likeness (QED) is 0.659. The van der Waals surface area contributed by atoms with Gasteiger partial charge in [0.15, 0.2) is 5.76 Å². The zero-order chi connectivity index (χ0) is 19.8. The predicted molar refractivity (Wildman–Crippen MR) is 104 cm³/mol. The van der Waals surface area contributed by atoms with Gasteiger partial charge in [0, 0.05) is 34.0 Å². The van der Waals surface area contributed by atoms with Gasteiger partial charge in [-0.2, -0.15) is 0 Å². The van der Waals surface area contributed by atoms with E-state index in [4.69, 9.17) is 14.0 Å². The Hall–Kier alpha value is -2.52.